The number of aliphatic hydroxyl groups excluding tert-OH is 2. The molecule has 1 unspecified atom stereocenters. The second-order valence-electron chi connectivity index (χ2n) is 5.38. The average molecular weight is 371 g/mol. The number of halogens is 2. The van der Waals surface area contributed by atoms with Gasteiger partial charge in [-0.25, -0.2) is 4.39 Å². The standard InChI is InChI=1S/C14H12ClFN4O5/c1-5(21)8-9(22)14(24,2-3-15)12(25-8)20-4-6(16)7-10(20)18-13(17)19-11(7)23/h4-5,12,21-22,24H,1H3,(H3,17,18,19,23)/t5-,12-,14?/m1/s1. The molecule has 3 rings (SSSR count). The van der Waals surface area contributed by atoms with Gasteiger partial charge in [-0.15, -0.1) is 0 Å². The van der Waals surface area contributed by atoms with Gasteiger partial charge < -0.3 is 25.8 Å². The number of aromatic amines is 1. The molecule has 132 valence electrons. The minimum Gasteiger partial charge on any atom is -0.505 e. The maximum atomic E-state index is 14.2. The van der Waals surface area contributed by atoms with Crippen LogP contribution in [0.4, 0.5) is 10.3 Å². The molecule has 3 heterocycles. The van der Waals surface area contributed by atoms with Gasteiger partial charge in [0.25, 0.3) is 5.56 Å². The van der Waals surface area contributed by atoms with Crippen molar-refractivity contribution in [1.29, 1.82) is 0 Å². The fraction of sp³-hybridized carbons (Fsp3) is 0.286. The number of rotatable bonds is 2. The zero-order chi connectivity index (χ0) is 18.5. The highest BCUT2D eigenvalue weighted by Crippen LogP contribution is 2.42. The Kier molecular flexibility index (Phi) is 3.87. The Morgan fingerprint density at radius 2 is 2.32 bits per heavy atom. The van der Waals surface area contributed by atoms with E-state index in [4.69, 9.17) is 22.1 Å². The predicted octanol–water partition coefficient (Wildman–Crippen LogP) is 0.0559. The van der Waals surface area contributed by atoms with Gasteiger partial charge in [-0.05, 0) is 24.4 Å². The maximum absolute atomic E-state index is 14.2. The summed E-state index contributed by atoms with van der Waals surface area (Å²) in [5.74, 6) is -0.284. The molecule has 0 saturated carbocycles. The number of nitrogens with one attached hydrogen (secondary N) is 1. The minimum atomic E-state index is -2.41. The van der Waals surface area contributed by atoms with Crippen LogP contribution in [0.5, 0.6) is 0 Å². The molecule has 3 atom stereocenters. The van der Waals surface area contributed by atoms with E-state index in [1.54, 1.807) is 0 Å². The van der Waals surface area contributed by atoms with Crippen LogP contribution in [0.3, 0.4) is 0 Å². The van der Waals surface area contributed by atoms with E-state index in [0.717, 1.165) is 10.8 Å². The number of nitrogens with two attached hydrogens (primary N) is 1. The largest absolute Gasteiger partial charge is 0.505 e. The molecule has 0 aliphatic carbocycles. The molecule has 2 aromatic heterocycles. The van der Waals surface area contributed by atoms with Crippen molar-refractivity contribution in [3.8, 4) is 11.3 Å². The second-order valence-corrected chi connectivity index (χ2v) is 5.57. The number of ether oxygens (including phenoxy) is 1. The molecule has 0 amide bonds. The minimum absolute atomic E-state index is 0.252. The molecule has 25 heavy (non-hydrogen) atoms. The number of aliphatic hydroxyl groups is 3. The third kappa shape index (κ3) is 2.41. The Balaban J connectivity index is 2.28. The Morgan fingerprint density at radius 1 is 1.64 bits per heavy atom. The van der Waals surface area contributed by atoms with E-state index in [2.05, 4.69) is 15.9 Å². The van der Waals surface area contributed by atoms with Crippen molar-refractivity contribution in [3.63, 3.8) is 0 Å². The van der Waals surface area contributed by atoms with E-state index in [1.165, 1.54) is 6.92 Å². The van der Waals surface area contributed by atoms with Crippen LogP contribution in [0.2, 0.25) is 0 Å². The van der Waals surface area contributed by atoms with Crippen LogP contribution in [0.25, 0.3) is 11.0 Å². The zero-order valence-electron chi connectivity index (χ0n) is 12.6. The monoisotopic (exact) mass is 370 g/mol. The lowest BCUT2D eigenvalue weighted by molar-refractivity contribution is -0.0552. The van der Waals surface area contributed by atoms with E-state index >= 15 is 0 Å². The van der Waals surface area contributed by atoms with Crippen LogP contribution >= 0.6 is 11.6 Å². The molecular weight excluding hydrogens is 359 g/mol. The lowest BCUT2D eigenvalue weighted by atomic mass is 10.0. The van der Waals surface area contributed by atoms with Crippen LogP contribution in [0.15, 0.2) is 22.5 Å². The van der Waals surface area contributed by atoms with E-state index in [9.17, 15) is 24.5 Å². The molecule has 0 aromatic carbocycles. The number of aromatic nitrogens is 3. The number of anilines is 1. The predicted molar refractivity (Wildman–Crippen MR) is 84.8 cm³/mol. The number of hydrogen-bond donors (Lipinski definition) is 5. The molecule has 1 aliphatic rings. The lowest BCUT2D eigenvalue weighted by Crippen LogP contribution is -2.37. The van der Waals surface area contributed by atoms with Crippen LogP contribution in [-0.4, -0.2) is 41.6 Å². The van der Waals surface area contributed by atoms with Gasteiger partial charge in [0.05, 0.1) is 0 Å². The van der Waals surface area contributed by atoms with Crippen LogP contribution < -0.4 is 11.3 Å². The van der Waals surface area contributed by atoms with Gasteiger partial charge >= 0.3 is 0 Å². The smallest absolute Gasteiger partial charge is 0.264 e. The number of hydrogen-bond acceptors (Lipinski definition) is 7. The van der Waals surface area contributed by atoms with E-state index in [-0.39, 0.29) is 17.4 Å². The fourth-order valence-corrected chi connectivity index (χ4v) is 2.76. The van der Waals surface area contributed by atoms with Gasteiger partial charge in [0.1, 0.15) is 11.5 Å². The van der Waals surface area contributed by atoms with Crippen molar-refractivity contribution < 1.29 is 24.4 Å². The molecule has 11 heteroatoms. The number of fused-ring (bicyclic) bond motifs is 1. The normalized spacial score (nSPS) is 24.1. The second kappa shape index (κ2) is 5.66. The fourth-order valence-electron chi connectivity index (χ4n) is 2.62. The van der Waals surface area contributed by atoms with Crippen molar-refractivity contribution in [2.75, 3.05) is 5.73 Å². The van der Waals surface area contributed by atoms with Gasteiger partial charge in [-0.3, -0.25) is 14.3 Å². The third-order valence-corrected chi connectivity index (χ3v) is 3.81. The van der Waals surface area contributed by atoms with Crippen LogP contribution in [0, 0.1) is 17.1 Å². The molecule has 9 nitrogen and oxygen atoms in total. The lowest BCUT2D eigenvalue weighted by Gasteiger charge is -2.25. The molecule has 0 fully saturated rings. The van der Waals surface area contributed by atoms with Crippen molar-refractivity contribution in [2.24, 2.45) is 0 Å². The van der Waals surface area contributed by atoms with Gasteiger partial charge in [-0.1, -0.05) is 0 Å². The summed E-state index contributed by atoms with van der Waals surface area (Å²) in [6.07, 6.45) is -2.05. The Labute approximate surface area is 144 Å². The highest BCUT2D eigenvalue weighted by molar-refractivity contribution is 6.30. The SMILES string of the molecule is C[C@@H](O)C1=C(O)C(O)(C#CCl)[C@H](n2cc(F)c3c(=O)[nH]c(N)nc32)O1. The maximum Gasteiger partial charge on any atom is 0.264 e. The van der Waals surface area contributed by atoms with Crippen molar-refractivity contribution in [1.82, 2.24) is 14.5 Å². The molecular formula is C14H12ClFN4O5. The van der Waals surface area contributed by atoms with Crippen molar-refractivity contribution in [2.45, 2.75) is 24.9 Å². The molecule has 6 N–H and O–H groups in total. The first-order chi connectivity index (χ1) is 11.7. The van der Waals surface area contributed by atoms with Gasteiger partial charge in [-0.2, -0.15) is 4.98 Å². The van der Waals surface area contributed by atoms with Crippen LogP contribution in [0.1, 0.15) is 13.2 Å². The summed E-state index contributed by atoms with van der Waals surface area (Å²) in [5, 5.41) is 32.1. The van der Waals surface area contributed by atoms with Gasteiger partial charge in [0, 0.05) is 11.6 Å². The summed E-state index contributed by atoms with van der Waals surface area (Å²) in [5.41, 5.74) is 1.98. The number of nitrogens with zero attached hydrogens (tertiary/aromatic N) is 2. The molecule has 2 aromatic rings. The van der Waals surface area contributed by atoms with E-state index < -0.39 is 40.5 Å². The zero-order valence-corrected chi connectivity index (χ0v) is 13.4. The first-order valence-electron chi connectivity index (χ1n) is 6.90. The molecule has 0 radical (unpaired) electrons. The van der Waals surface area contributed by atoms with Crippen molar-refractivity contribution in [3.05, 3.63) is 33.9 Å². The third-order valence-electron chi connectivity index (χ3n) is 3.71. The first-order valence-corrected chi connectivity index (χ1v) is 7.27. The van der Waals surface area contributed by atoms with Crippen molar-refractivity contribution >= 4 is 28.6 Å². The topological polar surface area (TPSA) is 147 Å². The van der Waals surface area contributed by atoms with Gasteiger partial charge in [0.15, 0.2) is 23.0 Å². The molecule has 1 aliphatic heterocycles. The Bertz CT molecular complexity index is 1020. The molecule has 0 spiro atoms. The number of nitrogen functional groups attached to an aromatic ring is 1. The molecule has 0 bridgehead atoms. The summed E-state index contributed by atoms with van der Waals surface area (Å²) in [7, 11) is 0. The first kappa shape index (κ1) is 17.1. The number of H-pyrrole nitrogens is 1. The summed E-state index contributed by atoms with van der Waals surface area (Å²) in [6.45, 7) is 1.28. The van der Waals surface area contributed by atoms with E-state index in [1.807, 2.05) is 5.38 Å². The highest BCUT2D eigenvalue weighted by atomic mass is 35.5. The Hall–Kier alpha value is -2.74. The summed E-state index contributed by atoms with van der Waals surface area (Å²) in [6, 6.07) is 0. The average Bonchev–Trinajstić information content (AvgIpc) is 2.96. The van der Waals surface area contributed by atoms with E-state index in [0.29, 0.717) is 0 Å². The van der Waals surface area contributed by atoms with Crippen LogP contribution in [-0.2, 0) is 4.74 Å². The highest BCUT2D eigenvalue weighted by Gasteiger charge is 2.52. The Morgan fingerprint density at radius 3 is 2.92 bits per heavy atom. The molecule has 0 saturated heterocycles. The summed E-state index contributed by atoms with van der Waals surface area (Å²) < 4.78 is 20.5. The summed E-state index contributed by atoms with van der Waals surface area (Å²) in [4.78, 5) is 17.9. The quantitative estimate of drug-likeness (QED) is 0.469. The van der Waals surface area contributed by atoms with Gasteiger partial charge in [0.2, 0.25) is 17.8 Å². The summed E-state index contributed by atoms with van der Waals surface area (Å²) >= 11 is 5.34.